The molecule has 1 aliphatic heterocycles. The summed E-state index contributed by atoms with van der Waals surface area (Å²) >= 11 is 0. The van der Waals surface area contributed by atoms with Crippen molar-refractivity contribution in [2.75, 3.05) is 17.6 Å². The van der Waals surface area contributed by atoms with Crippen LogP contribution in [0.5, 0.6) is 0 Å². The molecule has 1 N–H and O–H groups in total. The predicted molar refractivity (Wildman–Crippen MR) is 104 cm³/mol. The fourth-order valence-electron chi connectivity index (χ4n) is 3.36. The minimum atomic E-state index is -3.31. The quantitative estimate of drug-likeness (QED) is 0.837. The van der Waals surface area contributed by atoms with Gasteiger partial charge in [0.1, 0.15) is 11.6 Å². The smallest absolute Gasteiger partial charge is 0.228 e. The van der Waals surface area contributed by atoms with Crippen molar-refractivity contribution in [3.63, 3.8) is 0 Å². The van der Waals surface area contributed by atoms with Gasteiger partial charge >= 0.3 is 0 Å². The van der Waals surface area contributed by atoms with E-state index >= 15 is 0 Å². The summed E-state index contributed by atoms with van der Waals surface area (Å²) in [5, 5.41) is 3.13. The van der Waals surface area contributed by atoms with Crippen LogP contribution in [0.1, 0.15) is 55.1 Å². The van der Waals surface area contributed by atoms with E-state index in [1.54, 1.807) is 11.2 Å². The third-order valence-corrected chi connectivity index (χ3v) is 6.45. The zero-order valence-corrected chi connectivity index (χ0v) is 17.0. The highest BCUT2D eigenvalue weighted by Gasteiger charge is 2.34. The van der Waals surface area contributed by atoms with E-state index in [0.29, 0.717) is 24.1 Å². The number of piperidine rings is 1. The Balaban J connectivity index is 1.94. The largest absolute Gasteiger partial charge is 0.309 e. The highest BCUT2D eigenvalue weighted by molar-refractivity contribution is 7.89. The van der Waals surface area contributed by atoms with Crippen LogP contribution in [-0.2, 0) is 10.0 Å². The van der Waals surface area contributed by atoms with Gasteiger partial charge in [-0.25, -0.2) is 28.4 Å². The van der Waals surface area contributed by atoms with Crippen LogP contribution >= 0.6 is 0 Å². The van der Waals surface area contributed by atoms with E-state index in [0.717, 1.165) is 36.3 Å². The van der Waals surface area contributed by atoms with Crippen molar-refractivity contribution < 1.29 is 8.42 Å². The van der Waals surface area contributed by atoms with Gasteiger partial charge in [-0.2, -0.15) is 4.31 Å². The predicted octanol–water partition coefficient (Wildman–Crippen LogP) is 2.81. The molecule has 1 aliphatic rings. The standard InChI is InChI=1S/C18H26N6O2S/c1-5-27(25,26)24-9-7-6-8-15(24)17-19-14(4)11-16(22-17)23-18-20-12(2)10-13(3)21-18/h10-11,15H,5-9H2,1-4H3,(H,19,20,21,22,23). The number of rotatable bonds is 5. The first-order valence-electron chi connectivity index (χ1n) is 9.23. The van der Waals surface area contributed by atoms with E-state index in [9.17, 15) is 8.42 Å². The van der Waals surface area contributed by atoms with Crippen molar-refractivity contribution in [3.05, 3.63) is 35.0 Å². The van der Waals surface area contributed by atoms with Crippen molar-refractivity contribution in [1.82, 2.24) is 24.2 Å². The molecule has 1 unspecified atom stereocenters. The topological polar surface area (TPSA) is 101 Å². The molecule has 0 saturated carbocycles. The maximum atomic E-state index is 12.5. The van der Waals surface area contributed by atoms with Gasteiger partial charge in [0.05, 0.1) is 11.8 Å². The molecule has 0 bridgehead atoms. The zero-order valence-electron chi connectivity index (χ0n) is 16.2. The van der Waals surface area contributed by atoms with Crippen LogP contribution in [-0.4, -0.2) is 45.0 Å². The first kappa shape index (κ1) is 19.6. The minimum Gasteiger partial charge on any atom is -0.309 e. The van der Waals surface area contributed by atoms with Crippen LogP contribution in [0.3, 0.4) is 0 Å². The van der Waals surface area contributed by atoms with Gasteiger partial charge in [0, 0.05) is 29.7 Å². The number of sulfonamides is 1. The van der Waals surface area contributed by atoms with Gasteiger partial charge in [-0.1, -0.05) is 6.42 Å². The van der Waals surface area contributed by atoms with Crippen LogP contribution in [0.15, 0.2) is 12.1 Å². The Kier molecular flexibility index (Phi) is 5.71. The van der Waals surface area contributed by atoms with Crippen LogP contribution in [0.2, 0.25) is 0 Å². The van der Waals surface area contributed by atoms with Crippen LogP contribution < -0.4 is 5.32 Å². The SMILES string of the molecule is CCS(=O)(=O)N1CCCCC1c1nc(C)cc(Nc2nc(C)cc(C)n2)n1. The number of aromatic nitrogens is 4. The zero-order chi connectivity index (χ0) is 19.6. The average molecular weight is 391 g/mol. The fourth-order valence-corrected chi connectivity index (χ4v) is 4.69. The Hall–Kier alpha value is -2.13. The molecule has 3 heterocycles. The minimum absolute atomic E-state index is 0.0802. The fraction of sp³-hybridized carbons (Fsp3) is 0.556. The number of anilines is 2. The molecule has 9 heteroatoms. The average Bonchev–Trinajstić information content (AvgIpc) is 2.60. The molecule has 1 atom stereocenters. The van der Waals surface area contributed by atoms with Gasteiger partial charge in [-0.3, -0.25) is 0 Å². The molecule has 0 aromatic carbocycles. The monoisotopic (exact) mass is 390 g/mol. The molecule has 2 aromatic heterocycles. The van der Waals surface area contributed by atoms with Crippen molar-refractivity contribution in [2.24, 2.45) is 0 Å². The maximum absolute atomic E-state index is 12.5. The summed E-state index contributed by atoms with van der Waals surface area (Å²) in [4.78, 5) is 17.9. The molecule has 2 aromatic rings. The summed E-state index contributed by atoms with van der Waals surface area (Å²) in [6.07, 6.45) is 2.55. The molecular weight excluding hydrogens is 364 g/mol. The van der Waals surface area contributed by atoms with Crippen molar-refractivity contribution in [1.29, 1.82) is 0 Å². The Bertz CT molecular complexity index is 911. The van der Waals surface area contributed by atoms with Crippen molar-refractivity contribution in [3.8, 4) is 0 Å². The first-order valence-corrected chi connectivity index (χ1v) is 10.8. The van der Waals surface area contributed by atoms with Gasteiger partial charge < -0.3 is 5.32 Å². The maximum Gasteiger partial charge on any atom is 0.228 e. The van der Waals surface area contributed by atoms with E-state index in [1.807, 2.05) is 32.9 Å². The molecule has 0 spiro atoms. The summed E-state index contributed by atoms with van der Waals surface area (Å²) in [5.41, 5.74) is 2.50. The molecule has 146 valence electrons. The third kappa shape index (κ3) is 4.59. The summed E-state index contributed by atoms with van der Waals surface area (Å²) in [6, 6.07) is 3.38. The van der Waals surface area contributed by atoms with E-state index in [2.05, 4.69) is 25.3 Å². The van der Waals surface area contributed by atoms with Gasteiger partial charge in [0.25, 0.3) is 0 Å². The van der Waals surface area contributed by atoms with E-state index < -0.39 is 10.0 Å². The van der Waals surface area contributed by atoms with Gasteiger partial charge in [-0.05, 0) is 46.6 Å². The number of nitrogens with zero attached hydrogens (tertiary/aromatic N) is 5. The summed E-state index contributed by atoms with van der Waals surface area (Å²) in [6.45, 7) is 7.88. The summed E-state index contributed by atoms with van der Waals surface area (Å²) in [7, 11) is -3.31. The highest BCUT2D eigenvalue weighted by atomic mass is 32.2. The van der Waals surface area contributed by atoms with Crippen molar-refractivity contribution >= 4 is 21.8 Å². The lowest BCUT2D eigenvalue weighted by atomic mass is 10.0. The lowest BCUT2D eigenvalue weighted by molar-refractivity contribution is 0.246. The molecule has 1 saturated heterocycles. The van der Waals surface area contributed by atoms with Gasteiger partial charge in [0.15, 0.2) is 0 Å². The molecular formula is C18H26N6O2S. The third-order valence-electron chi connectivity index (χ3n) is 4.57. The highest BCUT2D eigenvalue weighted by Crippen LogP contribution is 2.32. The lowest BCUT2D eigenvalue weighted by Crippen LogP contribution is -2.40. The van der Waals surface area contributed by atoms with Gasteiger partial charge in [-0.15, -0.1) is 0 Å². The number of hydrogen-bond acceptors (Lipinski definition) is 7. The lowest BCUT2D eigenvalue weighted by Gasteiger charge is -2.33. The molecule has 27 heavy (non-hydrogen) atoms. The van der Waals surface area contributed by atoms with E-state index in [1.165, 1.54) is 0 Å². The Labute approximate surface area is 160 Å². The Morgan fingerprint density at radius 2 is 1.70 bits per heavy atom. The van der Waals surface area contributed by atoms with Crippen LogP contribution in [0.25, 0.3) is 0 Å². The second-order valence-electron chi connectivity index (χ2n) is 6.87. The number of hydrogen-bond donors (Lipinski definition) is 1. The second kappa shape index (κ2) is 7.85. The molecule has 0 amide bonds. The molecule has 8 nitrogen and oxygen atoms in total. The molecule has 3 rings (SSSR count). The summed E-state index contributed by atoms with van der Waals surface area (Å²) in [5.74, 6) is 1.65. The van der Waals surface area contributed by atoms with E-state index in [-0.39, 0.29) is 11.8 Å². The Morgan fingerprint density at radius 3 is 2.37 bits per heavy atom. The molecule has 1 fully saturated rings. The summed E-state index contributed by atoms with van der Waals surface area (Å²) < 4.78 is 26.6. The van der Waals surface area contributed by atoms with Gasteiger partial charge in [0.2, 0.25) is 16.0 Å². The van der Waals surface area contributed by atoms with Crippen LogP contribution in [0.4, 0.5) is 11.8 Å². The van der Waals surface area contributed by atoms with E-state index in [4.69, 9.17) is 0 Å². The Morgan fingerprint density at radius 1 is 1.04 bits per heavy atom. The number of aryl methyl sites for hydroxylation is 3. The van der Waals surface area contributed by atoms with Crippen LogP contribution in [0, 0.1) is 20.8 Å². The number of nitrogens with one attached hydrogen (secondary N) is 1. The second-order valence-corrected chi connectivity index (χ2v) is 9.09. The normalized spacial score (nSPS) is 18.4. The molecule has 0 radical (unpaired) electrons. The molecule has 0 aliphatic carbocycles. The first-order chi connectivity index (χ1) is 12.8. The van der Waals surface area contributed by atoms with Crippen molar-refractivity contribution in [2.45, 2.75) is 53.0 Å².